The molecule has 2 aliphatic rings. The van der Waals surface area contributed by atoms with Gasteiger partial charge in [-0.3, -0.25) is 19.3 Å². The lowest BCUT2D eigenvalue weighted by Crippen LogP contribution is -2.47. The Morgan fingerprint density at radius 2 is 1.70 bits per heavy atom. The summed E-state index contributed by atoms with van der Waals surface area (Å²) in [6, 6.07) is 14.6. The number of amides is 3. The minimum atomic E-state index is -0.336. The maximum Gasteiger partial charge on any atom is 0.261 e. The van der Waals surface area contributed by atoms with Crippen molar-refractivity contribution in [2.24, 2.45) is 0 Å². The Labute approximate surface area is 175 Å². The number of hydrogen-bond acceptors (Lipinski definition) is 5. The first kappa shape index (κ1) is 19.9. The van der Waals surface area contributed by atoms with E-state index in [1.54, 1.807) is 36.2 Å². The highest BCUT2D eigenvalue weighted by Crippen LogP contribution is 2.33. The first-order chi connectivity index (χ1) is 14.5. The highest BCUT2D eigenvalue weighted by atomic mass is 16.5. The van der Waals surface area contributed by atoms with Crippen molar-refractivity contribution >= 4 is 23.4 Å². The zero-order chi connectivity index (χ0) is 21.3. The Bertz CT molecular complexity index is 955. The molecule has 0 bridgehead atoms. The van der Waals surface area contributed by atoms with Crippen molar-refractivity contribution < 1.29 is 19.1 Å². The molecule has 7 nitrogen and oxygen atoms in total. The van der Waals surface area contributed by atoms with Crippen molar-refractivity contribution in [2.45, 2.75) is 19.4 Å². The lowest BCUT2D eigenvalue weighted by atomic mass is 10.1. The van der Waals surface area contributed by atoms with Crippen LogP contribution in [0.5, 0.6) is 5.75 Å². The third kappa shape index (κ3) is 3.63. The number of anilines is 1. The highest BCUT2D eigenvalue weighted by Gasteiger charge is 2.35. The van der Waals surface area contributed by atoms with Crippen LogP contribution in [-0.2, 0) is 4.79 Å². The molecular formula is C23H25N3O4. The number of carbonyl (C=O) groups is 3. The fraction of sp³-hybridized carbons (Fsp3) is 0.348. The fourth-order valence-electron chi connectivity index (χ4n) is 4.02. The van der Waals surface area contributed by atoms with Gasteiger partial charge in [-0.1, -0.05) is 24.3 Å². The Morgan fingerprint density at radius 1 is 1.07 bits per heavy atom. The molecule has 1 unspecified atom stereocenters. The lowest BCUT2D eigenvalue weighted by molar-refractivity contribution is -0.131. The Kier molecular flexibility index (Phi) is 5.44. The van der Waals surface area contributed by atoms with Crippen LogP contribution in [0.3, 0.4) is 0 Å². The van der Waals surface area contributed by atoms with Crippen LogP contribution in [0.4, 0.5) is 5.69 Å². The number of hydrogen-bond donors (Lipinski definition) is 0. The molecule has 0 aliphatic carbocycles. The quantitative estimate of drug-likeness (QED) is 0.688. The zero-order valence-corrected chi connectivity index (χ0v) is 17.2. The summed E-state index contributed by atoms with van der Waals surface area (Å²) in [4.78, 5) is 42.6. The first-order valence-electron chi connectivity index (χ1n) is 10.2. The topological polar surface area (TPSA) is 70.2 Å². The number of ether oxygens (including phenoxy) is 1. The number of fused-ring (bicyclic) bond motifs is 2. The molecule has 2 aromatic carbocycles. The predicted molar refractivity (Wildman–Crippen MR) is 113 cm³/mol. The molecule has 0 radical (unpaired) electrons. The van der Waals surface area contributed by atoms with Crippen LogP contribution < -0.4 is 9.64 Å². The van der Waals surface area contributed by atoms with Crippen molar-refractivity contribution in [1.82, 2.24) is 9.80 Å². The SMILES string of the molecule is CCN1CC(CN(C)C(=O)CCN2C(=O)c3ccccc3C2=O)Oc2ccccc21. The van der Waals surface area contributed by atoms with Crippen LogP contribution in [-0.4, -0.2) is 66.9 Å². The molecular weight excluding hydrogens is 382 g/mol. The fourth-order valence-corrected chi connectivity index (χ4v) is 4.02. The van der Waals surface area contributed by atoms with Crippen LogP contribution in [0.15, 0.2) is 48.5 Å². The Hall–Kier alpha value is -3.35. The maximum atomic E-state index is 12.7. The molecule has 1 atom stereocenters. The second-order valence-electron chi connectivity index (χ2n) is 7.58. The van der Waals surface area contributed by atoms with Gasteiger partial charge in [0.25, 0.3) is 11.8 Å². The minimum Gasteiger partial charge on any atom is -0.485 e. The third-order valence-corrected chi connectivity index (χ3v) is 5.64. The van der Waals surface area contributed by atoms with Gasteiger partial charge in [0.1, 0.15) is 11.9 Å². The summed E-state index contributed by atoms with van der Waals surface area (Å²) in [6.45, 7) is 4.16. The summed E-state index contributed by atoms with van der Waals surface area (Å²) in [5.41, 5.74) is 1.87. The van der Waals surface area contributed by atoms with Crippen LogP contribution in [0.25, 0.3) is 0 Å². The molecule has 0 fully saturated rings. The van der Waals surface area contributed by atoms with Crippen molar-refractivity contribution in [3.05, 3.63) is 59.7 Å². The number of rotatable bonds is 6. The van der Waals surface area contributed by atoms with Crippen molar-refractivity contribution in [2.75, 3.05) is 38.1 Å². The van der Waals surface area contributed by atoms with Gasteiger partial charge in [0.2, 0.25) is 5.91 Å². The summed E-state index contributed by atoms with van der Waals surface area (Å²) >= 11 is 0. The number of carbonyl (C=O) groups excluding carboxylic acids is 3. The van der Waals surface area contributed by atoms with Gasteiger partial charge in [0.05, 0.1) is 29.9 Å². The largest absolute Gasteiger partial charge is 0.485 e. The van der Waals surface area contributed by atoms with E-state index in [1.165, 1.54) is 0 Å². The summed E-state index contributed by atoms with van der Waals surface area (Å²) < 4.78 is 6.08. The van der Waals surface area contributed by atoms with Gasteiger partial charge < -0.3 is 14.5 Å². The van der Waals surface area contributed by atoms with E-state index in [2.05, 4.69) is 11.8 Å². The summed E-state index contributed by atoms with van der Waals surface area (Å²) in [7, 11) is 1.73. The molecule has 0 aromatic heterocycles. The zero-order valence-electron chi connectivity index (χ0n) is 17.2. The van der Waals surface area contributed by atoms with Gasteiger partial charge in [0, 0.05) is 26.6 Å². The molecule has 0 saturated carbocycles. The lowest BCUT2D eigenvalue weighted by Gasteiger charge is -2.37. The second kappa shape index (κ2) is 8.18. The smallest absolute Gasteiger partial charge is 0.261 e. The molecule has 156 valence electrons. The Balaban J connectivity index is 1.34. The van der Waals surface area contributed by atoms with Crippen molar-refractivity contribution in [1.29, 1.82) is 0 Å². The van der Waals surface area contributed by atoms with Crippen LogP contribution in [0.1, 0.15) is 34.1 Å². The van der Waals surface area contributed by atoms with Gasteiger partial charge in [-0.05, 0) is 31.2 Å². The number of para-hydroxylation sites is 2. The first-order valence-corrected chi connectivity index (χ1v) is 10.2. The summed E-state index contributed by atoms with van der Waals surface area (Å²) in [5.74, 6) is 0.0215. The minimum absolute atomic E-state index is 0.0744. The van der Waals surface area contributed by atoms with E-state index in [0.717, 1.165) is 22.9 Å². The normalized spacial score (nSPS) is 17.5. The van der Waals surface area contributed by atoms with Gasteiger partial charge in [-0.25, -0.2) is 0 Å². The number of nitrogens with zero attached hydrogens (tertiary/aromatic N) is 3. The van der Waals surface area contributed by atoms with Crippen LogP contribution in [0, 0.1) is 0 Å². The van der Waals surface area contributed by atoms with Crippen LogP contribution in [0.2, 0.25) is 0 Å². The van der Waals surface area contributed by atoms with Gasteiger partial charge >= 0.3 is 0 Å². The van der Waals surface area contributed by atoms with E-state index in [-0.39, 0.29) is 36.8 Å². The van der Waals surface area contributed by atoms with Crippen molar-refractivity contribution in [3.63, 3.8) is 0 Å². The van der Waals surface area contributed by atoms with Gasteiger partial charge in [-0.15, -0.1) is 0 Å². The highest BCUT2D eigenvalue weighted by molar-refractivity contribution is 6.21. The number of benzene rings is 2. The van der Waals surface area contributed by atoms with Crippen molar-refractivity contribution in [3.8, 4) is 5.75 Å². The molecule has 7 heteroatoms. The van der Waals surface area contributed by atoms with E-state index in [4.69, 9.17) is 4.74 Å². The van der Waals surface area contributed by atoms with Crippen LogP contribution >= 0.6 is 0 Å². The molecule has 2 aromatic rings. The molecule has 0 N–H and O–H groups in total. The molecule has 3 amide bonds. The monoisotopic (exact) mass is 407 g/mol. The van der Waals surface area contributed by atoms with E-state index < -0.39 is 0 Å². The summed E-state index contributed by atoms with van der Waals surface area (Å²) in [5, 5.41) is 0. The molecule has 2 aliphatic heterocycles. The van der Waals surface area contributed by atoms with E-state index >= 15 is 0 Å². The van der Waals surface area contributed by atoms with E-state index in [0.29, 0.717) is 24.2 Å². The van der Waals surface area contributed by atoms with E-state index in [9.17, 15) is 14.4 Å². The van der Waals surface area contributed by atoms with Gasteiger partial charge in [-0.2, -0.15) is 0 Å². The predicted octanol–water partition coefficient (Wildman–Crippen LogP) is 2.42. The standard InChI is InChI=1S/C23H25N3O4/c1-3-25-15-16(30-20-11-7-6-10-19(20)25)14-24(2)21(27)12-13-26-22(28)17-8-4-5-9-18(17)23(26)29/h4-11,16H,3,12-15H2,1-2H3. The number of likely N-dealkylation sites (N-methyl/N-ethyl adjacent to an activating group) is 2. The summed E-state index contributed by atoms with van der Waals surface area (Å²) in [6.07, 6.45) is -0.0592. The average molecular weight is 407 g/mol. The maximum absolute atomic E-state index is 12.7. The molecule has 2 heterocycles. The number of imide groups is 1. The van der Waals surface area contributed by atoms with E-state index in [1.807, 2.05) is 24.3 Å². The molecule has 0 spiro atoms. The second-order valence-corrected chi connectivity index (χ2v) is 7.58. The molecule has 4 rings (SSSR count). The average Bonchev–Trinajstić information content (AvgIpc) is 3.01. The van der Waals surface area contributed by atoms with Gasteiger partial charge in [0.15, 0.2) is 0 Å². The third-order valence-electron chi connectivity index (χ3n) is 5.64. The molecule has 30 heavy (non-hydrogen) atoms. The Morgan fingerprint density at radius 3 is 2.37 bits per heavy atom. The molecule has 0 saturated heterocycles.